The summed E-state index contributed by atoms with van der Waals surface area (Å²) >= 11 is 0. The van der Waals surface area contributed by atoms with E-state index >= 15 is 0 Å². The summed E-state index contributed by atoms with van der Waals surface area (Å²) in [6.45, 7) is 8.74. The van der Waals surface area contributed by atoms with Gasteiger partial charge in [0, 0.05) is 37.9 Å². The molecule has 0 unspecified atom stereocenters. The van der Waals surface area contributed by atoms with Crippen LogP contribution in [0.25, 0.3) is 0 Å². The first-order valence-electron chi connectivity index (χ1n) is 7.03. The fourth-order valence-corrected chi connectivity index (χ4v) is 2.05. The normalized spacial score (nSPS) is 10.9. The molecule has 118 valence electrons. The maximum absolute atomic E-state index is 13.7. The lowest BCUT2D eigenvalue weighted by molar-refractivity contribution is 0.459. The number of nitrogens with zero attached hydrogens (tertiary/aromatic N) is 4. The molecule has 7 heteroatoms. The van der Waals surface area contributed by atoms with Crippen molar-refractivity contribution in [3.8, 4) is 0 Å². The van der Waals surface area contributed by atoms with Crippen LogP contribution in [-0.2, 0) is 26.2 Å². The Hall–Kier alpha value is -1.40. The van der Waals surface area contributed by atoms with Crippen molar-refractivity contribution in [1.82, 2.24) is 24.9 Å². The number of rotatable bonds is 7. The molecule has 0 bridgehead atoms. The minimum atomic E-state index is -0.259. The SMILES string of the molecule is CCn1ncc(CNCc2ccn(CC(C)C)n2)c1F.Cl. The van der Waals surface area contributed by atoms with Crippen molar-refractivity contribution in [2.45, 2.75) is 47.0 Å². The summed E-state index contributed by atoms with van der Waals surface area (Å²) in [7, 11) is 0. The molecule has 0 amide bonds. The maximum Gasteiger partial charge on any atom is 0.215 e. The third-order valence-corrected chi connectivity index (χ3v) is 3.01. The molecule has 0 saturated carbocycles. The van der Waals surface area contributed by atoms with E-state index in [0.29, 0.717) is 31.1 Å². The molecule has 0 radical (unpaired) electrons. The average Bonchev–Trinajstić information content (AvgIpc) is 2.97. The van der Waals surface area contributed by atoms with Gasteiger partial charge in [-0.25, -0.2) is 4.68 Å². The number of nitrogens with one attached hydrogen (secondary N) is 1. The Labute approximate surface area is 130 Å². The summed E-state index contributed by atoms with van der Waals surface area (Å²) in [5.41, 5.74) is 1.56. The highest BCUT2D eigenvalue weighted by molar-refractivity contribution is 5.85. The van der Waals surface area contributed by atoms with Crippen LogP contribution in [0.15, 0.2) is 18.5 Å². The fraction of sp³-hybridized carbons (Fsp3) is 0.571. The molecule has 2 heterocycles. The van der Waals surface area contributed by atoms with Crippen molar-refractivity contribution in [1.29, 1.82) is 0 Å². The van der Waals surface area contributed by atoms with Crippen molar-refractivity contribution < 1.29 is 4.39 Å². The average molecular weight is 316 g/mol. The van der Waals surface area contributed by atoms with Crippen LogP contribution in [0.3, 0.4) is 0 Å². The molecular weight excluding hydrogens is 293 g/mol. The van der Waals surface area contributed by atoms with Gasteiger partial charge in [-0.05, 0) is 18.9 Å². The van der Waals surface area contributed by atoms with Gasteiger partial charge in [-0.2, -0.15) is 14.6 Å². The van der Waals surface area contributed by atoms with E-state index in [9.17, 15) is 4.39 Å². The zero-order valence-electron chi connectivity index (χ0n) is 12.7. The smallest absolute Gasteiger partial charge is 0.215 e. The highest BCUT2D eigenvalue weighted by Gasteiger charge is 2.08. The summed E-state index contributed by atoms with van der Waals surface area (Å²) < 4.78 is 17.0. The van der Waals surface area contributed by atoms with E-state index in [1.54, 1.807) is 6.20 Å². The van der Waals surface area contributed by atoms with Crippen molar-refractivity contribution in [2.75, 3.05) is 0 Å². The van der Waals surface area contributed by atoms with E-state index in [1.165, 1.54) is 4.68 Å². The molecule has 1 N–H and O–H groups in total. The zero-order chi connectivity index (χ0) is 14.5. The summed E-state index contributed by atoms with van der Waals surface area (Å²) in [5, 5.41) is 11.6. The first kappa shape index (κ1) is 17.7. The molecule has 2 aromatic heterocycles. The van der Waals surface area contributed by atoms with E-state index in [0.717, 1.165) is 12.2 Å². The number of aromatic nitrogens is 4. The monoisotopic (exact) mass is 315 g/mol. The summed E-state index contributed by atoms with van der Waals surface area (Å²) in [5.74, 6) is 0.315. The molecule has 0 aromatic carbocycles. The van der Waals surface area contributed by atoms with Crippen LogP contribution in [0.2, 0.25) is 0 Å². The third-order valence-electron chi connectivity index (χ3n) is 3.01. The number of hydrogen-bond acceptors (Lipinski definition) is 3. The van der Waals surface area contributed by atoms with Gasteiger partial charge < -0.3 is 5.32 Å². The Morgan fingerprint density at radius 1 is 1.33 bits per heavy atom. The van der Waals surface area contributed by atoms with E-state index in [1.807, 2.05) is 23.9 Å². The van der Waals surface area contributed by atoms with Crippen LogP contribution in [0, 0.1) is 11.9 Å². The van der Waals surface area contributed by atoms with Crippen molar-refractivity contribution in [3.05, 3.63) is 35.7 Å². The number of aryl methyl sites for hydroxylation is 1. The zero-order valence-corrected chi connectivity index (χ0v) is 13.5. The highest BCUT2D eigenvalue weighted by atomic mass is 35.5. The molecule has 0 saturated heterocycles. The fourth-order valence-electron chi connectivity index (χ4n) is 2.05. The first-order chi connectivity index (χ1) is 9.60. The Bertz CT molecular complexity index is 549. The van der Waals surface area contributed by atoms with Gasteiger partial charge in [0.25, 0.3) is 0 Å². The Morgan fingerprint density at radius 3 is 2.71 bits per heavy atom. The Balaban J connectivity index is 0.00000220. The van der Waals surface area contributed by atoms with Gasteiger partial charge in [0.2, 0.25) is 5.95 Å². The van der Waals surface area contributed by atoms with Crippen molar-refractivity contribution in [2.24, 2.45) is 5.92 Å². The molecule has 0 spiro atoms. The van der Waals surface area contributed by atoms with Crippen LogP contribution in [0.5, 0.6) is 0 Å². The van der Waals surface area contributed by atoms with Gasteiger partial charge in [-0.15, -0.1) is 12.4 Å². The molecular formula is C14H23ClFN5. The second-order valence-electron chi connectivity index (χ2n) is 5.30. The Kier molecular flexibility index (Phi) is 6.84. The van der Waals surface area contributed by atoms with E-state index in [-0.39, 0.29) is 18.4 Å². The quantitative estimate of drug-likeness (QED) is 0.854. The number of hydrogen-bond donors (Lipinski definition) is 1. The second kappa shape index (κ2) is 8.14. The molecule has 0 atom stereocenters. The van der Waals surface area contributed by atoms with Crippen molar-refractivity contribution in [3.63, 3.8) is 0 Å². The maximum atomic E-state index is 13.7. The summed E-state index contributed by atoms with van der Waals surface area (Å²) in [6, 6.07) is 1.99. The van der Waals surface area contributed by atoms with Crippen LogP contribution in [0.1, 0.15) is 32.0 Å². The molecule has 2 rings (SSSR count). The first-order valence-corrected chi connectivity index (χ1v) is 7.03. The summed E-state index contributed by atoms with van der Waals surface area (Å²) in [4.78, 5) is 0. The third kappa shape index (κ3) is 4.82. The van der Waals surface area contributed by atoms with Gasteiger partial charge in [0.1, 0.15) is 0 Å². The molecule has 0 aliphatic rings. The predicted octanol–water partition coefficient (Wildman–Crippen LogP) is 2.61. The standard InChI is InChI=1S/C14H22FN5.ClH/c1-4-20-14(15)12(8-17-20)7-16-9-13-5-6-19(18-13)10-11(2)3;/h5-6,8,11,16H,4,7,9-10H2,1-3H3;1H. The molecule has 0 aliphatic heterocycles. The van der Waals surface area contributed by atoms with Crippen LogP contribution >= 0.6 is 12.4 Å². The van der Waals surface area contributed by atoms with E-state index in [2.05, 4.69) is 29.4 Å². The van der Waals surface area contributed by atoms with Gasteiger partial charge in [0.15, 0.2) is 0 Å². The second-order valence-corrected chi connectivity index (χ2v) is 5.30. The lowest BCUT2D eigenvalue weighted by atomic mass is 10.2. The molecule has 0 aliphatic carbocycles. The highest BCUT2D eigenvalue weighted by Crippen LogP contribution is 2.06. The van der Waals surface area contributed by atoms with Gasteiger partial charge in [0.05, 0.1) is 11.9 Å². The van der Waals surface area contributed by atoms with Crippen LogP contribution in [0.4, 0.5) is 4.39 Å². The van der Waals surface area contributed by atoms with E-state index in [4.69, 9.17) is 0 Å². The molecule has 21 heavy (non-hydrogen) atoms. The molecule has 5 nitrogen and oxygen atoms in total. The van der Waals surface area contributed by atoms with E-state index < -0.39 is 0 Å². The lowest BCUT2D eigenvalue weighted by Gasteiger charge is -2.04. The van der Waals surface area contributed by atoms with Crippen molar-refractivity contribution >= 4 is 12.4 Å². The predicted molar refractivity (Wildman–Crippen MR) is 82.7 cm³/mol. The topological polar surface area (TPSA) is 47.7 Å². The largest absolute Gasteiger partial charge is 0.307 e. The van der Waals surface area contributed by atoms with Crippen LogP contribution in [-0.4, -0.2) is 19.6 Å². The number of halogens is 2. The van der Waals surface area contributed by atoms with Gasteiger partial charge >= 0.3 is 0 Å². The Morgan fingerprint density at radius 2 is 2.10 bits per heavy atom. The van der Waals surface area contributed by atoms with Gasteiger partial charge in [-0.3, -0.25) is 4.68 Å². The minimum Gasteiger partial charge on any atom is -0.307 e. The molecule has 0 fully saturated rings. The minimum absolute atomic E-state index is 0. The van der Waals surface area contributed by atoms with Gasteiger partial charge in [-0.1, -0.05) is 13.8 Å². The summed E-state index contributed by atoms with van der Waals surface area (Å²) in [6.07, 6.45) is 3.55. The van der Waals surface area contributed by atoms with Crippen LogP contribution < -0.4 is 5.32 Å². The lowest BCUT2D eigenvalue weighted by Crippen LogP contribution is -2.15. The molecule has 2 aromatic rings.